The van der Waals surface area contributed by atoms with Crippen molar-refractivity contribution >= 4 is 39.5 Å². The Morgan fingerprint density at radius 2 is 2.18 bits per heavy atom. The van der Waals surface area contributed by atoms with E-state index < -0.39 is 0 Å². The van der Waals surface area contributed by atoms with Crippen molar-refractivity contribution in [1.29, 1.82) is 0 Å². The van der Waals surface area contributed by atoms with Gasteiger partial charge in [0.2, 0.25) is 5.91 Å². The highest BCUT2D eigenvalue weighted by Crippen LogP contribution is 2.34. The van der Waals surface area contributed by atoms with E-state index in [4.69, 9.17) is 0 Å². The first-order chi connectivity index (χ1) is 10.7. The van der Waals surface area contributed by atoms with E-state index in [0.717, 1.165) is 22.2 Å². The van der Waals surface area contributed by atoms with Gasteiger partial charge in [-0.05, 0) is 30.4 Å². The molecule has 118 valence electrons. The highest BCUT2D eigenvalue weighted by Gasteiger charge is 2.23. The number of hydrogen-bond donors (Lipinski definition) is 1. The number of fused-ring (bicyclic) bond motifs is 1. The minimum absolute atomic E-state index is 0.144. The van der Waals surface area contributed by atoms with E-state index in [1.165, 1.54) is 24.8 Å². The molecule has 5 heteroatoms. The van der Waals surface area contributed by atoms with Gasteiger partial charge in [-0.15, -0.1) is 0 Å². The first-order valence-corrected chi connectivity index (χ1v) is 9.91. The van der Waals surface area contributed by atoms with Crippen LogP contribution in [0.5, 0.6) is 0 Å². The van der Waals surface area contributed by atoms with E-state index in [1.54, 1.807) is 23.5 Å². The zero-order valence-corrected chi connectivity index (χ0v) is 14.5. The number of thioether (sulfide) groups is 2. The fourth-order valence-electron chi connectivity index (χ4n) is 2.99. The highest BCUT2D eigenvalue weighted by atomic mass is 32.2. The van der Waals surface area contributed by atoms with Gasteiger partial charge in [-0.3, -0.25) is 4.79 Å². The minimum Gasteiger partial charge on any atom is -0.352 e. The summed E-state index contributed by atoms with van der Waals surface area (Å²) in [6.07, 6.45) is 4.90. The molecule has 1 aliphatic carbocycles. The molecule has 2 aliphatic rings. The number of benzene rings is 1. The summed E-state index contributed by atoms with van der Waals surface area (Å²) in [5.41, 5.74) is 2.32. The molecule has 0 bridgehead atoms. The van der Waals surface area contributed by atoms with Crippen molar-refractivity contribution in [3.05, 3.63) is 29.8 Å². The number of nitrogens with zero attached hydrogens (tertiary/aromatic N) is 1. The number of carbonyl (C=O) groups is 1. The molecule has 0 saturated heterocycles. The Kier molecular flexibility index (Phi) is 5.47. The lowest BCUT2D eigenvalue weighted by Gasteiger charge is -2.29. The largest absolute Gasteiger partial charge is 0.352 e. The molecule has 0 radical (unpaired) electrons. The van der Waals surface area contributed by atoms with Gasteiger partial charge in [0.1, 0.15) is 4.38 Å². The van der Waals surface area contributed by atoms with Crippen molar-refractivity contribution < 1.29 is 4.79 Å². The van der Waals surface area contributed by atoms with Gasteiger partial charge >= 0.3 is 0 Å². The molecule has 1 heterocycles. The van der Waals surface area contributed by atoms with Gasteiger partial charge in [-0.1, -0.05) is 61.5 Å². The average molecular weight is 335 g/mol. The lowest BCUT2D eigenvalue weighted by Crippen LogP contribution is -2.41. The molecule has 2 unspecified atom stereocenters. The van der Waals surface area contributed by atoms with Crippen LogP contribution in [0.1, 0.15) is 38.2 Å². The number of aliphatic imine (C=N–C) groups is 1. The maximum absolute atomic E-state index is 12.1. The first kappa shape index (κ1) is 15.9. The summed E-state index contributed by atoms with van der Waals surface area (Å²) in [7, 11) is 0. The Morgan fingerprint density at radius 1 is 1.36 bits per heavy atom. The third-order valence-electron chi connectivity index (χ3n) is 4.34. The molecule has 1 aliphatic heterocycles. The van der Waals surface area contributed by atoms with Gasteiger partial charge < -0.3 is 5.32 Å². The van der Waals surface area contributed by atoms with Crippen molar-refractivity contribution in [3.8, 4) is 0 Å². The molecule has 1 fully saturated rings. The second-order valence-electron chi connectivity index (χ2n) is 6.02. The van der Waals surface area contributed by atoms with Crippen LogP contribution in [0.2, 0.25) is 0 Å². The van der Waals surface area contributed by atoms with Gasteiger partial charge in [0.15, 0.2) is 0 Å². The maximum Gasteiger partial charge on any atom is 0.230 e. The molecule has 3 rings (SSSR count). The van der Waals surface area contributed by atoms with Crippen LogP contribution in [-0.2, 0) is 10.5 Å². The summed E-state index contributed by atoms with van der Waals surface area (Å²) in [5, 5.41) is 3.20. The minimum atomic E-state index is 0.144. The monoisotopic (exact) mass is 334 g/mol. The quantitative estimate of drug-likeness (QED) is 0.893. The number of rotatable bonds is 3. The van der Waals surface area contributed by atoms with Crippen molar-refractivity contribution in [1.82, 2.24) is 5.32 Å². The SMILES string of the molecule is CC1CCCCC1NC(=O)CSC1=Nc2ccccc2CS1. The molecule has 1 saturated carbocycles. The summed E-state index contributed by atoms with van der Waals surface area (Å²) in [4.78, 5) is 16.8. The summed E-state index contributed by atoms with van der Waals surface area (Å²) in [6, 6.07) is 8.58. The number of hydrogen-bond acceptors (Lipinski definition) is 4. The van der Waals surface area contributed by atoms with Crippen LogP contribution in [-0.4, -0.2) is 22.1 Å². The van der Waals surface area contributed by atoms with Crippen molar-refractivity contribution in [2.24, 2.45) is 10.9 Å². The summed E-state index contributed by atoms with van der Waals surface area (Å²) in [6.45, 7) is 2.25. The molecule has 1 amide bonds. The predicted molar refractivity (Wildman–Crippen MR) is 96.9 cm³/mol. The second-order valence-corrected chi connectivity index (χ2v) is 8.21. The number of carbonyl (C=O) groups excluding carboxylic acids is 1. The Labute approximate surface area is 140 Å². The average Bonchev–Trinajstić information content (AvgIpc) is 2.55. The molecule has 0 aromatic heterocycles. The van der Waals surface area contributed by atoms with Gasteiger partial charge in [-0.25, -0.2) is 4.99 Å². The van der Waals surface area contributed by atoms with Gasteiger partial charge in [-0.2, -0.15) is 0 Å². The zero-order valence-electron chi connectivity index (χ0n) is 12.9. The number of amides is 1. The van der Waals surface area contributed by atoms with Crippen LogP contribution in [0.4, 0.5) is 5.69 Å². The molecule has 0 spiro atoms. The smallest absolute Gasteiger partial charge is 0.230 e. The summed E-state index contributed by atoms with van der Waals surface area (Å²) >= 11 is 3.29. The Balaban J connectivity index is 1.50. The van der Waals surface area contributed by atoms with Crippen LogP contribution in [0.3, 0.4) is 0 Å². The fourth-order valence-corrected chi connectivity index (χ4v) is 4.87. The summed E-state index contributed by atoms with van der Waals surface area (Å²) < 4.78 is 1.01. The summed E-state index contributed by atoms with van der Waals surface area (Å²) in [5.74, 6) is 2.17. The molecular formula is C17H22N2OS2. The van der Waals surface area contributed by atoms with Gasteiger partial charge in [0, 0.05) is 11.8 Å². The Hall–Kier alpha value is -0.940. The Bertz CT molecular complexity index is 574. The normalized spacial score (nSPS) is 24.3. The van der Waals surface area contributed by atoms with E-state index in [2.05, 4.69) is 23.3 Å². The Morgan fingerprint density at radius 3 is 3.05 bits per heavy atom. The standard InChI is InChI=1S/C17H22N2OS2/c1-12-6-2-4-8-14(12)18-16(20)11-22-17-19-15-9-5-3-7-13(15)10-21-17/h3,5,7,9,12,14H,2,4,6,8,10-11H2,1H3,(H,18,20). The first-order valence-electron chi connectivity index (χ1n) is 7.94. The number of nitrogens with one attached hydrogen (secondary N) is 1. The van der Waals surface area contributed by atoms with Crippen molar-refractivity contribution in [3.63, 3.8) is 0 Å². The second kappa shape index (κ2) is 7.55. The van der Waals surface area contributed by atoms with Gasteiger partial charge in [0.25, 0.3) is 0 Å². The van der Waals surface area contributed by atoms with Crippen LogP contribution >= 0.6 is 23.5 Å². The van der Waals surface area contributed by atoms with E-state index in [-0.39, 0.29) is 5.91 Å². The molecule has 22 heavy (non-hydrogen) atoms. The molecule has 1 aromatic rings. The maximum atomic E-state index is 12.1. The number of para-hydroxylation sites is 1. The van der Waals surface area contributed by atoms with E-state index in [1.807, 2.05) is 18.2 Å². The van der Waals surface area contributed by atoms with E-state index in [0.29, 0.717) is 17.7 Å². The topological polar surface area (TPSA) is 41.5 Å². The third-order valence-corrected chi connectivity index (χ3v) is 6.58. The fraction of sp³-hybridized carbons (Fsp3) is 0.529. The van der Waals surface area contributed by atoms with Crippen LogP contribution in [0.25, 0.3) is 0 Å². The third kappa shape index (κ3) is 4.07. The van der Waals surface area contributed by atoms with E-state index in [9.17, 15) is 4.79 Å². The lowest BCUT2D eigenvalue weighted by atomic mass is 9.86. The van der Waals surface area contributed by atoms with Crippen LogP contribution in [0.15, 0.2) is 29.3 Å². The van der Waals surface area contributed by atoms with Gasteiger partial charge in [0.05, 0.1) is 11.4 Å². The highest BCUT2D eigenvalue weighted by molar-refractivity contribution is 8.38. The van der Waals surface area contributed by atoms with E-state index >= 15 is 0 Å². The molecular weight excluding hydrogens is 312 g/mol. The van der Waals surface area contributed by atoms with Crippen molar-refractivity contribution in [2.45, 2.75) is 44.4 Å². The van der Waals surface area contributed by atoms with Crippen molar-refractivity contribution in [2.75, 3.05) is 5.75 Å². The molecule has 1 aromatic carbocycles. The molecule has 3 nitrogen and oxygen atoms in total. The zero-order chi connectivity index (χ0) is 15.4. The van der Waals surface area contributed by atoms with Crippen LogP contribution in [0, 0.1) is 5.92 Å². The predicted octanol–water partition coefficient (Wildman–Crippen LogP) is 4.35. The molecule has 1 N–H and O–H groups in total. The van der Waals surface area contributed by atoms with Crippen LogP contribution < -0.4 is 5.32 Å². The lowest BCUT2D eigenvalue weighted by molar-refractivity contribution is -0.119. The molecule has 2 atom stereocenters.